The Labute approximate surface area is 129 Å². The second-order valence-corrected chi connectivity index (χ2v) is 7.66. The average molecular weight is 312 g/mol. The number of hydrogen-bond donors (Lipinski definition) is 1. The summed E-state index contributed by atoms with van der Waals surface area (Å²) in [5, 5.41) is 18.1. The highest BCUT2D eigenvalue weighted by Crippen LogP contribution is 2.41. The van der Waals surface area contributed by atoms with Crippen LogP contribution in [0.15, 0.2) is 5.16 Å². The van der Waals surface area contributed by atoms with E-state index in [0.29, 0.717) is 17.2 Å². The smallest absolute Gasteiger partial charge is 0.313 e. The molecule has 1 atom stereocenters. The highest BCUT2D eigenvalue weighted by atomic mass is 32.2. The summed E-state index contributed by atoms with van der Waals surface area (Å²) in [6.45, 7) is 8.78. The molecule has 1 aromatic rings. The van der Waals surface area contributed by atoms with Gasteiger partial charge in [0.05, 0.1) is 5.75 Å². The Bertz CT molecular complexity index is 520. The number of carboxylic acids is 1. The van der Waals surface area contributed by atoms with Crippen LogP contribution in [-0.2, 0) is 4.79 Å². The van der Waals surface area contributed by atoms with Crippen molar-refractivity contribution in [1.29, 1.82) is 0 Å². The van der Waals surface area contributed by atoms with Crippen molar-refractivity contribution in [3.63, 3.8) is 0 Å². The molecule has 0 spiro atoms. The van der Waals surface area contributed by atoms with Crippen molar-refractivity contribution >= 4 is 23.7 Å². The monoisotopic (exact) mass is 312 g/mol. The van der Waals surface area contributed by atoms with Crippen molar-refractivity contribution in [2.75, 3.05) is 17.7 Å². The van der Waals surface area contributed by atoms with Gasteiger partial charge in [0.1, 0.15) is 0 Å². The Hall–Kier alpha value is -1.24. The van der Waals surface area contributed by atoms with Crippen molar-refractivity contribution in [2.24, 2.45) is 5.41 Å². The van der Waals surface area contributed by atoms with Gasteiger partial charge in [-0.3, -0.25) is 9.36 Å². The molecule has 0 bridgehead atoms. The fraction of sp³-hybridized carbons (Fsp3) is 0.786. The largest absolute Gasteiger partial charge is 0.481 e. The Morgan fingerprint density at radius 3 is 2.57 bits per heavy atom. The van der Waals surface area contributed by atoms with Crippen LogP contribution in [0.25, 0.3) is 0 Å². The van der Waals surface area contributed by atoms with Gasteiger partial charge in [-0.1, -0.05) is 32.5 Å². The van der Waals surface area contributed by atoms with Gasteiger partial charge in [-0.25, -0.2) is 0 Å². The summed E-state index contributed by atoms with van der Waals surface area (Å²) in [5.74, 6) is 0.0276. The lowest BCUT2D eigenvalue weighted by Gasteiger charge is -2.35. The molecule has 1 aromatic heterocycles. The number of carboxylic acid groups (broad SMARTS) is 1. The number of carbonyl (C=O) groups is 1. The molecule has 0 radical (unpaired) electrons. The van der Waals surface area contributed by atoms with Gasteiger partial charge in [0.25, 0.3) is 0 Å². The lowest BCUT2D eigenvalue weighted by Crippen LogP contribution is -2.40. The Balaban J connectivity index is 2.25. The molecular weight excluding hydrogens is 288 g/mol. The zero-order valence-corrected chi connectivity index (χ0v) is 14.1. The third-order valence-corrected chi connectivity index (χ3v) is 4.96. The Morgan fingerprint density at radius 1 is 1.48 bits per heavy atom. The van der Waals surface area contributed by atoms with Gasteiger partial charge in [-0.05, 0) is 25.2 Å². The fourth-order valence-electron chi connectivity index (χ4n) is 2.14. The van der Waals surface area contributed by atoms with Crippen LogP contribution in [0.4, 0.5) is 5.95 Å². The molecule has 7 heteroatoms. The standard InChI is InChI=1S/C14H24N4O2S/c1-9(14(2,3)4)17(5)12-15-16-13(21-8-11(19)20)18(12)10-6-7-10/h9-10H,6-8H2,1-5H3,(H,19,20). The minimum absolute atomic E-state index is 0.0173. The molecule has 1 aliphatic carbocycles. The van der Waals surface area contributed by atoms with Gasteiger partial charge < -0.3 is 10.0 Å². The number of nitrogens with zero attached hydrogens (tertiary/aromatic N) is 4. The van der Waals surface area contributed by atoms with Crippen molar-refractivity contribution in [2.45, 2.75) is 57.8 Å². The summed E-state index contributed by atoms with van der Waals surface area (Å²) in [7, 11) is 2.03. The van der Waals surface area contributed by atoms with E-state index in [9.17, 15) is 4.79 Å². The van der Waals surface area contributed by atoms with Crippen LogP contribution in [0, 0.1) is 5.41 Å². The maximum absolute atomic E-state index is 10.8. The minimum atomic E-state index is -0.830. The molecule has 0 amide bonds. The van der Waals surface area contributed by atoms with E-state index in [-0.39, 0.29) is 11.2 Å². The number of thioether (sulfide) groups is 1. The van der Waals surface area contributed by atoms with Crippen molar-refractivity contribution in [3.05, 3.63) is 0 Å². The predicted octanol–water partition coefficient (Wildman–Crippen LogP) is 2.66. The Morgan fingerprint density at radius 2 is 2.10 bits per heavy atom. The van der Waals surface area contributed by atoms with Crippen molar-refractivity contribution < 1.29 is 9.90 Å². The molecule has 1 unspecified atom stereocenters. The van der Waals surface area contributed by atoms with Crippen LogP contribution in [0.2, 0.25) is 0 Å². The molecule has 1 heterocycles. The topological polar surface area (TPSA) is 71.2 Å². The summed E-state index contributed by atoms with van der Waals surface area (Å²) < 4.78 is 2.11. The molecule has 6 nitrogen and oxygen atoms in total. The summed E-state index contributed by atoms with van der Waals surface area (Å²) in [5.41, 5.74) is 0.128. The zero-order valence-electron chi connectivity index (χ0n) is 13.3. The maximum Gasteiger partial charge on any atom is 0.313 e. The second kappa shape index (κ2) is 5.87. The molecule has 1 aliphatic rings. The molecule has 1 saturated carbocycles. The van der Waals surface area contributed by atoms with E-state index in [2.05, 4.69) is 47.4 Å². The number of rotatable bonds is 6. The highest BCUT2D eigenvalue weighted by molar-refractivity contribution is 7.99. The van der Waals surface area contributed by atoms with Gasteiger partial charge in [-0.15, -0.1) is 10.2 Å². The van der Waals surface area contributed by atoms with Gasteiger partial charge in [0, 0.05) is 19.1 Å². The third kappa shape index (κ3) is 3.70. The molecule has 0 aromatic carbocycles. The first kappa shape index (κ1) is 16.1. The number of aliphatic carboxylic acids is 1. The first-order valence-corrected chi connectivity index (χ1v) is 8.22. The van der Waals surface area contributed by atoms with Crippen LogP contribution < -0.4 is 4.90 Å². The summed E-state index contributed by atoms with van der Waals surface area (Å²) >= 11 is 1.24. The SMILES string of the molecule is CC(N(C)c1nnc(SCC(=O)O)n1C1CC1)C(C)(C)C. The first-order valence-electron chi connectivity index (χ1n) is 7.24. The van der Waals surface area contributed by atoms with Gasteiger partial charge in [-0.2, -0.15) is 0 Å². The van der Waals surface area contributed by atoms with E-state index in [4.69, 9.17) is 5.11 Å². The molecule has 1 N–H and O–H groups in total. The number of hydrogen-bond acceptors (Lipinski definition) is 5. The van der Waals surface area contributed by atoms with Gasteiger partial charge >= 0.3 is 5.97 Å². The highest BCUT2D eigenvalue weighted by Gasteiger charge is 2.34. The van der Waals surface area contributed by atoms with E-state index in [1.165, 1.54) is 11.8 Å². The molecule has 0 aliphatic heterocycles. The normalized spacial score (nSPS) is 16.8. The number of aromatic nitrogens is 3. The van der Waals surface area contributed by atoms with E-state index >= 15 is 0 Å². The zero-order chi connectivity index (χ0) is 15.8. The summed E-state index contributed by atoms with van der Waals surface area (Å²) in [6, 6.07) is 0.720. The van der Waals surface area contributed by atoms with Crippen LogP contribution >= 0.6 is 11.8 Å². The number of anilines is 1. The minimum Gasteiger partial charge on any atom is -0.481 e. The maximum atomic E-state index is 10.8. The van der Waals surface area contributed by atoms with Crippen LogP contribution in [-0.4, -0.2) is 44.7 Å². The molecule has 21 heavy (non-hydrogen) atoms. The van der Waals surface area contributed by atoms with E-state index in [0.717, 1.165) is 18.8 Å². The fourth-order valence-corrected chi connectivity index (χ4v) is 2.86. The van der Waals surface area contributed by atoms with Crippen LogP contribution in [0.1, 0.15) is 46.6 Å². The molecule has 0 saturated heterocycles. The van der Waals surface area contributed by atoms with Crippen molar-refractivity contribution in [1.82, 2.24) is 14.8 Å². The van der Waals surface area contributed by atoms with Gasteiger partial charge in [0.15, 0.2) is 5.16 Å². The second-order valence-electron chi connectivity index (χ2n) is 6.72. The quantitative estimate of drug-likeness (QED) is 0.814. The van der Waals surface area contributed by atoms with Crippen LogP contribution in [0.5, 0.6) is 0 Å². The van der Waals surface area contributed by atoms with Crippen molar-refractivity contribution in [3.8, 4) is 0 Å². The van der Waals surface area contributed by atoms with E-state index in [1.54, 1.807) is 0 Å². The van der Waals surface area contributed by atoms with Gasteiger partial charge in [0.2, 0.25) is 5.95 Å². The Kier molecular flexibility index (Phi) is 4.51. The van der Waals surface area contributed by atoms with Crippen LogP contribution in [0.3, 0.4) is 0 Å². The average Bonchev–Trinajstić information content (AvgIpc) is 3.13. The molecule has 118 valence electrons. The van der Waals surface area contributed by atoms with E-state index < -0.39 is 5.97 Å². The molecule has 2 rings (SSSR count). The lowest BCUT2D eigenvalue weighted by molar-refractivity contribution is -0.133. The summed E-state index contributed by atoms with van der Waals surface area (Å²) in [6.07, 6.45) is 2.23. The lowest BCUT2D eigenvalue weighted by atomic mass is 9.87. The first-order chi connectivity index (χ1) is 9.71. The molecular formula is C14H24N4O2S. The molecule has 1 fully saturated rings. The summed E-state index contributed by atoms with van der Waals surface area (Å²) in [4.78, 5) is 12.9. The van der Waals surface area contributed by atoms with E-state index in [1.807, 2.05) is 7.05 Å². The third-order valence-electron chi connectivity index (χ3n) is 4.03. The predicted molar refractivity (Wildman–Crippen MR) is 84.0 cm³/mol.